The van der Waals surface area contributed by atoms with Crippen molar-refractivity contribution in [2.24, 2.45) is 0 Å². The van der Waals surface area contributed by atoms with Crippen molar-refractivity contribution in [1.29, 1.82) is 0 Å². The maximum absolute atomic E-state index is 13.1. The summed E-state index contributed by atoms with van der Waals surface area (Å²) in [5, 5.41) is 15.3. The van der Waals surface area contributed by atoms with Gasteiger partial charge in [0, 0.05) is 17.2 Å². The molecule has 0 spiro atoms. The van der Waals surface area contributed by atoms with Crippen LogP contribution in [0.4, 0.5) is 10.1 Å². The minimum Gasteiger partial charge on any atom is -0.289 e. The molecule has 0 amide bonds. The fourth-order valence-electron chi connectivity index (χ4n) is 2.52. The average Bonchev–Trinajstić information content (AvgIpc) is 3.02. The summed E-state index contributed by atoms with van der Waals surface area (Å²) in [4.78, 5) is 22.8. The van der Waals surface area contributed by atoms with E-state index in [2.05, 4.69) is 5.10 Å². The van der Waals surface area contributed by atoms with Crippen LogP contribution in [-0.2, 0) is 0 Å². The second-order valence-corrected chi connectivity index (χ2v) is 6.10. The summed E-state index contributed by atoms with van der Waals surface area (Å²) < 4.78 is 14.6. The van der Waals surface area contributed by atoms with Gasteiger partial charge in [-0.3, -0.25) is 14.9 Å². The molecule has 0 saturated heterocycles. The minimum atomic E-state index is -0.535. The number of rotatable bonds is 5. The van der Waals surface area contributed by atoms with Crippen LogP contribution < -0.4 is 0 Å². The number of nitrogens with zero attached hydrogens (tertiary/aromatic N) is 3. The predicted octanol–water partition coefficient (Wildman–Crippen LogP) is 4.78. The summed E-state index contributed by atoms with van der Waals surface area (Å²) in [6.45, 7) is 1.72. The molecule has 27 heavy (non-hydrogen) atoms. The molecule has 136 valence electrons. The standard InChI is InChI=1S/C19H13ClFN3O3/c1-12-17(11-22-23(12)15-5-3-14(21)4-6-15)19(25)9-2-13-10-16(24(26)27)7-8-18(13)20/h2-11H,1H3/b9-2+. The van der Waals surface area contributed by atoms with E-state index in [1.54, 1.807) is 19.1 Å². The zero-order valence-corrected chi connectivity index (χ0v) is 14.9. The van der Waals surface area contributed by atoms with Gasteiger partial charge < -0.3 is 0 Å². The summed E-state index contributed by atoms with van der Waals surface area (Å²) >= 11 is 6.03. The van der Waals surface area contributed by atoms with Gasteiger partial charge in [0.25, 0.3) is 5.69 Å². The van der Waals surface area contributed by atoms with E-state index in [9.17, 15) is 19.3 Å². The Balaban J connectivity index is 1.87. The summed E-state index contributed by atoms with van der Waals surface area (Å²) in [5.41, 5.74) is 1.81. The smallest absolute Gasteiger partial charge is 0.270 e. The highest BCUT2D eigenvalue weighted by atomic mass is 35.5. The Bertz CT molecular complexity index is 1060. The Labute approximate surface area is 158 Å². The van der Waals surface area contributed by atoms with Crippen molar-refractivity contribution in [2.75, 3.05) is 0 Å². The number of halogens is 2. The number of hydrogen-bond acceptors (Lipinski definition) is 4. The van der Waals surface area contributed by atoms with Crippen LogP contribution in [-0.4, -0.2) is 20.5 Å². The van der Waals surface area contributed by atoms with E-state index in [1.807, 2.05) is 0 Å². The van der Waals surface area contributed by atoms with E-state index in [0.717, 1.165) is 0 Å². The Morgan fingerprint density at radius 1 is 1.26 bits per heavy atom. The van der Waals surface area contributed by atoms with Crippen molar-refractivity contribution in [3.63, 3.8) is 0 Å². The third kappa shape index (κ3) is 3.93. The number of carbonyl (C=O) groups excluding carboxylic acids is 1. The Hall–Kier alpha value is -3.32. The largest absolute Gasteiger partial charge is 0.289 e. The normalized spacial score (nSPS) is 11.1. The summed E-state index contributed by atoms with van der Waals surface area (Å²) in [7, 11) is 0. The predicted molar refractivity (Wildman–Crippen MR) is 99.7 cm³/mol. The first-order valence-electron chi connectivity index (χ1n) is 7.84. The molecule has 0 bridgehead atoms. The molecule has 0 aliphatic rings. The number of allylic oxidation sites excluding steroid dienone is 1. The molecule has 0 fully saturated rings. The highest BCUT2D eigenvalue weighted by molar-refractivity contribution is 6.32. The van der Waals surface area contributed by atoms with E-state index >= 15 is 0 Å². The Kier molecular flexibility index (Phi) is 5.14. The number of benzene rings is 2. The number of nitro groups is 1. The highest BCUT2D eigenvalue weighted by Crippen LogP contribution is 2.23. The highest BCUT2D eigenvalue weighted by Gasteiger charge is 2.14. The van der Waals surface area contributed by atoms with Gasteiger partial charge in [0.2, 0.25) is 0 Å². The summed E-state index contributed by atoms with van der Waals surface area (Å²) in [6, 6.07) is 9.72. The molecular formula is C19H13ClFN3O3. The summed E-state index contributed by atoms with van der Waals surface area (Å²) in [5.74, 6) is -0.694. The number of non-ortho nitro benzene ring substituents is 1. The molecule has 8 heteroatoms. The average molecular weight is 386 g/mol. The maximum Gasteiger partial charge on any atom is 0.270 e. The van der Waals surface area contributed by atoms with Crippen LogP contribution in [0.25, 0.3) is 11.8 Å². The van der Waals surface area contributed by atoms with Crippen LogP contribution in [0.5, 0.6) is 0 Å². The topological polar surface area (TPSA) is 78.0 Å². The lowest BCUT2D eigenvalue weighted by Gasteiger charge is -2.04. The van der Waals surface area contributed by atoms with Gasteiger partial charge >= 0.3 is 0 Å². The molecule has 3 aromatic rings. The quantitative estimate of drug-likeness (QED) is 0.274. The lowest BCUT2D eigenvalue weighted by molar-refractivity contribution is -0.384. The molecule has 0 N–H and O–H groups in total. The van der Waals surface area contributed by atoms with Crippen molar-refractivity contribution >= 4 is 29.1 Å². The molecule has 0 unspecified atom stereocenters. The van der Waals surface area contributed by atoms with Crippen LogP contribution in [0.3, 0.4) is 0 Å². The van der Waals surface area contributed by atoms with Crippen molar-refractivity contribution in [2.45, 2.75) is 6.92 Å². The zero-order chi connectivity index (χ0) is 19.6. The van der Waals surface area contributed by atoms with E-state index in [-0.39, 0.29) is 17.3 Å². The second-order valence-electron chi connectivity index (χ2n) is 5.69. The molecule has 1 heterocycles. The Morgan fingerprint density at radius 3 is 2.63 bits per heavy atom. The molecule has 0 radical (unpaired) electrons. The SMILES string of the molecule is Cc1c(C(=O)/C=C/c2cc([N+](=O)[O-])ccc2Cl)cnn1-c1ccc(F)cc1. The van der Waals surface area contributed by atoms with Gasteiger partial charge in [0.05, 0.1) is 28.1 Å². The maximum atomic E-state index is 13.1. The molecule has 0 aliphatic carbocycles. The van der Waals surface area contributed by atoms with Gasteiger partial charge in [-0.15, -0.1) is 0 Å². The third-order valence-electron chi connectivity index (χ3n) is 3.95. The fourth-order valence-corrected chi connectivity index (χ4v) is 2.70. The third-order valence-corrected chi connectivity index (χ3v) is 4.30. The lowest BCUT2D eigenvalue weighted by Crippen LogP contribution is -2.01. The number of aromatic nitrogens is 2. The fraction of sp³-hybridized carbons (Fsp3) is 0.0526. The van der Waals surface area contributed by atoms with Gasteiger partial charge in [0.1, 0.15) is 5.82 Å². The molecule has 3 rings (SSSR count). The zero-order valence-electron chi connectivity index (χ0n) is 14.1. The van der Waals surface area contributed by atoms with Crippen LogP contribution in [0, 0.1) is 22.9 Å². The van der Waals surface area contributed by atoms with Gasteiger partial charge in [-0.25, -0.2) is 9.07 Å². The second kappa shape index (κ2) is 7.51. The van der Waals surface area contributed by atoms with Crippen LogP contribution >= 0.6 is 11.6 Å². The van der Waals surface area contributed by atoms with Gasteiger partial charge in [0.15, 0.2) is 5.78 Å². The van der Waals surface area contributed by atoms with E-state index in [1.165, 1.54) is 53.4 Å². The first-order chi connectivity index (χ1) is 12.9. The number of hydrogen-bond donors (Lipinski definition) is 0. The van der Waals surface area contributed by atoms with Crippen molar-refractivity contribution in [1.82, 2.24) is 9.78 Å². The number of nitro benzene ring substituents is 1. The Morgan fingerprint density at radius 2 is 1.96 bits per heavy atom. The molecule has 6 nitrogen and oxygen atoms in total. The molecule has 0 atom stereocenters. The number of carbonyl (C=O) groups is 1. The molecule has 0 aliphatic heterocycles. The van der Waals surface area contributed by atoms with E-state index in [0.29, 0.717) is 27.5 Å². The molecular weight excluding hydrogens is 373 g/mol. The number of ketones is 1. The van der Waals surface area contributed by atoms with Crippen molar-refractivity contribution in [3.05, 3.63) is 92.5 Å². The lowest BCUT2D eigenvalue weighted by atomic mass is 10.1. The van der Waals surface area contributed by atoms with E-state index < -0.39 is 4.92 Å². The monoisotopic (exact) mass is 385 g/mol. The summed E-state index contributed by atoms with van der Waals surface area (Å²) in [6.07, 6.45) is 4.12. The first kappa shape index (κ1) is 18.5. The van der Waals surface area contributed by atoms with Crippen LogP contribution in [0.2, 0.25) is 5.02 Å². The van der Waals surface area contributed by atoms with Crippen LogP contribution in [0.15, 0.2) is 54.7 Å². The van der Waals surface area contributed by atoms with Gasteiger partial charge in [-0.05, 0) is 55.0 Å². The van der Waals surface area contributed by atoms with Crippen molar-refractivity contribution in [3.8, 4) is 5.69 Å². The first-order valence-corrected chi connectivity index (χ1v) is 8.21. The van der Waals surface area contributed by atoms with Crippen LogP contribution in [0.1, 0.15) is 21.6 Å². The van der Waals surface area contributed by atoms with Gasteiger partial charge in [-0.1, -0.05) is 11.6 Å². The molecule has 0 saturated carbocycles. The molecule has 2 aromatic carbocycles. The minimum absolute atomic E-state index is 0.119. The molecule has 1 aromatic heterocycles. The van der Waals surface area contributed by atoms with Crippen molar-refractivity contribution < 1.29 is 14.1 Å². The van der Waals surface area contributed by atoms with E-state index in [4.69, 9.17) is 11.6 Å². The van der Waals surface area contributed by atoms with Gasteiger partial charge in [-0.2, -0.15) is 5.10 Å².